The largest absolute Gasteiger partial charge is 0.312 e. The van der Waals surface area contributed by atoms with Gasteiger partial charge >= 0.3 is 0 Å². The van der Waals surface area contributed by atoms with Gasteiger partial charge in [-0.3, -0.25) is 14.8 Å². The van der Waals surface area contributed by atoms with Crippen LogP contribution >= 0.6 is 0 Å². The fraction of sp³-hybridized carbons (Fsp3) is 0.500. The van der Waals surface area contributed by atoms with Crippen LogP contribution in [-0.2, 0) is 13.0 Å². The standard InChI is InChI=1S/C18H22N4O2/c23-22(24)17-9-5-4-8-14(17)18-15-12-19-11-10-16(15)21(20-18)13-6-2-1-3-7-13/h4-5,8-9,13,19H,1-3,6-7,10-12H2. The number of nitro benzene ring substituents is 1. The van der Waals surface area contributed by atoms with Crippen LogP contribution in [0.4, 0.5) is 5.69 Å². The van der Waals surface area contributed by atoms with Gasteiger partial charge in [0.15, 0.2) is 0 Å². The maximum absolute atomic E-state index is 11.4. The average Bonchev–Trinajstić information content (AvgIpc) is 3.02. The lowest BCUT2D eigenvalue weighted by molar-refractivity contribution is -0.384. The molecule has 2 aliphatic rings. The Bertz CT molecular complexity index is 762. The molecule has 0 spiro atoms. The molecule has 0 unspecified atom stereocenters. The predicted molar refractivity (Wildman–Crippen MR) is 91.9 cm³/mol. The third-order valence-corrected chi connectivity index (χ3v) is 5.24. The second-order valence-corrected chi connectivity index (χ2v) is 6.71. The molecule has 1 aliphatic heterocycles. The molecular weight excluding hydrogens is 304 g/mol. The van der Waals surface area contributed by atoms with E-state index in [4.69, 9.17) is 5.10 Å². The molecule has 1 aromatic carbocycles. The van der Waals surface area contributed by atoms with Gasteiger partial charge in [0.25, 0.3) is 5.69 Å². The highest BCUT2D eigenvalue weighted by Crippen LogP contribution is 2.37. The lowest BCUT2D eigenvalue weighted by Crippen LogP contribution is -2.26. The Kier molecular flexibility index (Phi) is 4.06. The van der Waals surface area contributed by atoms with Gasteiger partial charge in [0.2, 0.25) is 0 Å². The van der Waals surface area contributed by atoms with Crippen LogP contribution in [0.3, 0.4) is 0 Å². The summed E-state index contributed by atoms with van der Waals surface area (Å²) in [7, 11) is 0. The number of hydrogen-bond acceptors (Lipinski definition) is 4. The summed E-state index contributed by atoms with van der Waals surface area (Å²) < 4.78 is 2.20. The molecule has 2 aromatic rings. The fourth-order valence-electron chi connectivity index (χ4n) is 4.05. The van der Waals surface area contributed by atoms with Gasteiger partial charge in [-0.2, -0.15) is 5.10 Å². The van der Waals surface area contributed by atoms with E-state index in [0.29, 0.717) is 11.6 Å². The van der Waals surface area contributed by atoms with E-state index in [1.807, 2.05) is 12.1 Å². The summed E-state index contributed by atoms with van der Waals surface area (Å²) >= 11 is 0. The molecule has 1 aliphatic carbocycles. The maximum atomic E-state index is 11.4. The quantitative estimate of drug-likeness (QED) is 0.691. The molecular formula is C18H22N4O2. The Labute approximate surface area is 141 Å². The van der Waals surface area contributed by atoms with Crippen molar-refractivity contribution in [3.8, 4) is 11.3 Å². The fourth-order valence-corrected chi connectivity index (χ4v) is 4.05. The molecule has 6 heteroatoms. The topological polar surface area (TPSA) is 73.0 Å². The van der Waals surface area contributed by atoms with Crippen LogP contribution in [-0.4, -0.2) is 21.2 Å². The lowest BCUT2D eigenvalue weighted by atomic mass is 9.95. The van der Waals surface area contributed by atoms with Crippen LogP contribution in [0, 0.1) is 10.1 Å². The second kappa shape index (κ2) is 6.36. The van der Waals surface area contributed by atoms with Crippen LogP contribution in [0.1, 0.15) is 49.4 Å². The molecule has 0 saturated heterocycles. The van der Waals surface area contributed by atoms with Gasteiger partial charge in [0.1, 0.15) is 5.69 Å². The van der Waals surface area contributed by atoms with Gasteiger partial charge in [0.05, 0.1) is 16.5 Å². The first-order chi connectivity index (χ1) is 11.8. The van der Waals surface area contributed by atoms with E-state index < -0.39 is 0 Å². The van der Waals surface area contributed by atoms with E-state index in [9.17, 15) is 10.1 Å². The van der Waals surface area contributed by atoms with Crippen molar-refractivity contribution in [2.24, 2.45) is 0 Å². The van der Waals surface area contributed by atoms with Gasteiger partial charge in [-0.1, -0.05) is 31.4 Å². The molecule has 2 heterocycles. The van der Waals surface area contributed by atoms with Crippen molar-refractivity contribution < 1.29 is 4.92 Å². The Morgan fingerprint density at radius 2 is 2.00 bits per heavy atom. The van der Waals surface area contributed by atoms with Gasteiger partial charge in [-0.05, 0) is 18.9 Å². The summed E-state index contributed by atoms with van der Waals surface area (Å²) in [5.41, 5.74) is 3.97. The molecule has 0 atom stereocenters. The first kappa shape index (κ1) is 15.3. The minimum absolute atomic E-state index is 0.138. The number of para-hydroxylation sites is 1. The van der Waals surface area contributed by atoms with Gasteiger partial charge in [-0.15, -0.1) is 0 Å². The van der Waals surface area contributed by atoms with E-state index in [0.717, 1.165) is 43.6 Å². The van der Waals surface area contributed by atoms with Crippen molar-refractivity contribution in [3.05, 3.63) is 45.6 Å². The molecule has 1 saturated carbocycles. The Balaban J connectivity index is 1.84. The molecule has 1 N–H and O–H groups in total. The number of nitro groups is 1. The highest BCUT2D eigenvalue weighted by atomic mass is 16.6. The highest BCUT2D eigenvalue weighted by Gasteiger charge is 2.29. The van der Waals surface area contributed by atoms with Crippen molar-refractivity contribution in [1.29, 1.82) is 0 Å². The smallest absolute Gasteiger partial charge is 0.278 e. The SMILES string of the molecule is O=[N+]([O-])c1ccccc1-c1nn(C2CCCCC2)c2c1CNCC2. The van der Waals surface area contributed by atoms with E-state index in [1.54, 1.807) is 12.1 Å². The number of nitrogens with zero attached hydrogens (tertiary/aromatic N) is 3. The zero-order chi connectivity index (χ0) is 16.5. The predicted octanol–water partition coefficient (Wildman–Crippen LogP) is 3.61. The Morgan fingerprint density at radius 3 is 2.79 bits per heavy atom. The normalized spacial score (nSPS) is 18.3. The molecule has 126 valence electrons. The number of aromatic nitrogens is 2. The molecule has 0 amide bonds. The highest BCUT2D eigenvalue weighted by molar-refractivity contribution is 5.73. The van der Waals surface area contributed by atoms with Crippen molar-refractivity contribution >= 4 is 5.69 Å². The summed E-state index contributed by atoms with van der Waals surface area (Å²) in [5.74, 6) is 0. The first-order valence-electron chi connectivity index (χ1n) is 8.80. The molecule has 24 heavy (non-hydrogen) atoms. The number of nitrogens with one attached hydrogen (secondary N) is 1. The number of hydrogen-bond donors (Lipinski definition) is 1. The van der Waals surface area contributed by atoms with Crippen LogP contribution in [0.2, 0.25) is 0 Å². The summed E-state index contributed by atoms with van der Waals surface area (Å²) in [6.45, 7) is 1.69. The lowest BCUT2D eigenvalue weighted by Gasteiger charge is -2.25. The Hall–Kier alpha value is -2.21. The minimum atomic E-state index is -0.308. The molecule has 4 rings (SSSR count). The molecule has 0 bridgehead atoms. The second-order valence-electron chi connectivity index (χ2n) is 6.71. The van der Waals surface area contributed by atoms with E-state index in [1.165, 1.54) is 25.0 Å². The average molecular weight is 326 g/mol. The van der Waals surface area contributed by atoms with Crippen LogP contribution in [0.15, 0.2) is 24.3 Å². The number of fused-ring (bicyclic) bond motifs is 1. The van der Waals surface area contributed by atoms with Gasteiger partial charge in [-0.25, -0.2) is 0 Å². The zero-order valence-electron chi connectivity index (χ0n) is 13.7. The van der Waals surface area contributed by atoms with E-state index in [-0.39, 0.29) is 10.6 Å². The maximum Gasteiger partial charge on any atom is 0.278 e. The third-order valence-electron chi connectivity index (χ3n) is 5.24. The minimum Gasteiger partial charge on any atom is -0.312 e. The molecule has 0 radical (unpaired) electrons. The zero-order valence-corrected chi connectivity index (χ0v) is 13.7. The van der Waals surface area contributed by atoms with Crippen molar-refractivity contribution in [2.75, 3.05) is 6.54 Å². The van der Waals surface area contributed by atoms with E-state index in [2.05, 4.69) is 10.00 Å². The summed E-state index contributed by atoms with van der Waals surface area (Å²) in [6, 6.07) is 7.40. The molecule has 1 fully saturated rings. The van der Waals surface area contributed by atoms with Crippen molar-refractivity contribution in [1.82, 2.24) is 15.1 Å². The number of benzene rings is 1. The molecule has 1 aromatic heterocycles. The summed E-state index contributed by atoms with van der Waals surface area (Å²) in [5, 5.41) is 19.7. The van der Waals surface area contributed by atoms with Gasteiger partial charge < -0.3 is 5.32 Å². The summed E-state index contributed by atoms with van der Waals surface area (Å²) in [6.07, 6.45) is 7.07. The monoisotopic (exact) mass is 326 g/mol. The molecule has 6 nitrogen and oxygen atoms in total. The Morgan fingerprint density at radius 1 is 1.21 bits per heavy atom. The van der Waals surface area contributed by atoms with Crippen LogP contribution < -0.4 is 5.32 Å². The van der Waals surface area contributed by atoms with Crippen molar-refractivity contribution in [3.63, 3.8) is 0 Å². The first-order valence-corrected chi connectivity index (χ1v) is 8.80. The third kappa shape index (κ3) is 2.60. The van der Waals surface area contributed by atoms with Crippen LogP contribution in [0.5, 0.6) is 0 Å². The van der Waals surface area contributed by atoms with Crippen molar-refractivity contribution in [2.45, 2.75) is 51.1 Å². The number of rotatable bonds is 3. The van der Waals surface area contributed by atoms with Gasteiger partial charge in [0, 0.05) is 36.8 Å². The summed E-state index contributed by atoms with van der Waals surface area (Å²) in [4.78, 5) is 11.1. The van der Waals surface area contributed by atoms with E-state index >= 15 is 0 Å². The van der Waals surface area contributed by atoms with Crippen LogP contribution in [0.25, 0.3) is 11.3 Å².